The molecule has 0 aromatic heterocycles. The molecule has 19 heavy (non-hydrogen) atoms. The van der Waals surface area contributed by atoms with E-state index in [1.165, 1.54) is 5.56 Å². The number of piperidine rings is 1. The lowest BCUT2D eigenvalue weighted by Crippen LogP contribution is -2.44. The number of carbonyl (C=O) groups excluding carboxylic acids is 1. The molecule has 102 valence electrons. The first-order valence-electron chi connectivity index (χ1n) is 7.33. The molecule has 2 aliphatic rings. The van der Waals surface area contributed by atoms with Crippen LogP contribution in [-0.2, 0) is 6.42 Å². The van der Waals surface area contributed by atoms with Gasteiger partial charge in [-0.3, -0.25) is 4.79 Å². The number of carbonyl (C=O) groups is 1. The van der Waals surface area contributed by atoms with Crippen molar-refractivity contribution in [3.63, 3.8) is 0 Å². The molecule has 2 unspecified atom stereocenters. The number of rotatable bonds is 1. The third kappa shape index (κ3) is 2.34. The average molecular weight is 258 g/mol. The number of anilines is 1. The maximum atomic E-state index is 12.6. The van der Waals surface area contributed by atoms with Crippen molar-refractivity contribution in [3.05, 3.63) is 29.3 Å². The number of nitrogens with one attached hydrogen (secondary N) is 1. The molecule has 1 amide bonds. The number of benzene rings is 1. The Morgan fingerprint density at radius 2 is 2.21 bits per heavy atom. The fourth-order valence-electron chi connectivity index (χ4n) is 3.30. The van der Waals surface area contributed by atoms with Crippen molar-refractivity contribution >= 4 is 11.6 Å². The van der Waals surface area contributed by atoms with Crippen LogP contribution >= 0.6 is 0 Å². The molecule has 0 radical (unpaired) electrons. The molecular formula is C16H22N2O. The molecule has 0 aliphatic carbocycles. The van der Waals surface area contributed by atoms with Crippen LogP contribution in [0.3, 0.4) is 0 Å². The Labute approximate surface area is 115 Å². The zero-order chi connectivity index (χ0) is 13.4. The predicted octanol–water partition coefficient (Wildman–Crippen LogP) is 2.92. The molecule has 1 fully saturated rings. The third-order valence-corrected chi connectivity index (χ3v) is 4.47. The Kier molecular flexibility index (Phi) is 3.21. The van der Waals surface area contributed by atoms with Gasteiger partial charge in [-0.15, -0.1) is 0 Å². The van der Waals surface area contributed by atoms with Gasteiger partial charge in [0.1, 0.15) is 0 Å². The lowest BCUT2D eigenvalue weighted by Gasteiger charge is -2.36. The second-order valence-corrected chi connectivity index (χ2v) is 6.03. The summed E-state index contributed by atoms with van der Waals surface area (Å²) in [5.74, 6) is 0.927. The minimum absolute atomic E-state index is 0.191. The monoisotopic (exact) mass is 258 g/mol. The second kappa shape index (κ2) is 4.87. The number of hydrogen-bond acceptors (Lipinski definition) is 2. The van der Waals surface area contributed by atoms with Crippen molar-refractivity contribution < 1.29 is 4.79 Å². The maximum absolute atomic E-state index is 12.6. The lowest BCUT2D eigenvalue weighted by molar-refractivity contribution is 0.0588. The van der Waals surface area contributed by atoms with E-state index in [0.29, 0.717) is 6.04 Å². The summed E-state index contributed by atoms with van der Waals surface area (Å²) in [5, 5.41) is 3.35. The van der Waals surface area contributed by atoms with E-state index in [1.54, 1.807) is 0 Å². The Bertz CT molecular complexity index is 498. The topological polar surface area (TPSA) is 32.3 Å². The van der Waals surface area contributed by atoms with Crippen molar-refractivity contribution in [1.82, 2.24) is 4.90 Å². The highest BCUT2D eigenvalue weighted by molar-refractivity contribution is 5.95. The number of likely N-dealkylation sites (tertiary alicyclic amines) is 1. The molecule has 3 heteroatoms. The van der Waals surface area contributed by atoms with E-state index in [4.69, 9.17) is 0 Å². The summed E-state index contributed by atoms with van der Waals surface area (Å²) in [7, 11) is 0. The van der Waals surface area contributed by atoms with E-state index in [0.717, 1.165) is 49.5 Å². The molecule has 0 saturated carbocycles. The van der Waals surface area contributed by atoms with Gasteiger partial charge in [0.25, 0.3) is 5.91 Å². The standard InChI is InChI=1S/C16H22N2O/c1-11-6-8-18(12(2)9-11)16(19)14-4-3-13-5-7-17-15(13)10-14/h3-4,10-12,17H,5-9H2,1-2H3. The summed E-state index contributed by atoms with van der Waals surface area (Å²) in [6.07, 6.45) is 3.32. The summed E-state index contributed by atoms with van der Waals surface area (Å²) in [4.78, 5) is 14.7. The van der Waals surface area contributed by atoms with E-state index < -0.39 is 0 Å². The molecule has 1 aromatic rings. The van der Waals surface area contributed by atoms with Crippen LogP contribution in [0.4, 0.5) is 5.69 Å². The molecule has 0 bridgehead atoms. The molecule has 1 N–H and O–H groups in total. The highest BCUT2D eigenvalue weighted by Crippen LogP contribution is 2.27. The molecule has 2 aliphatic heterocycles. The zero-order valence-corrected chi connectivity index (χ0v) is 11.8. The quantitative estimate of drug-likeness (QED) is 0.840. The van der Waals surface area contributed by atoms with Crippen LogP contribution < -0.4 is 5.32 Å². The number of hydrogen-bond donors (Lipinski definition) is 1. The fraction of sp³-hybridized carbons (Fsp3) is 0.562. The van der Waals surface area contributed by atoms with Gasteiger partial charge in [-0.05, 0) is 49.8 Å². The van der Waals surface area contributed by atoms with Crippen LogP contribution in [-0.4, -0.2) is 29.9 Å². The van der Waals surface area contributed by atoms with Crippen LogP contribution in [0.2, 0.25) is 0 Å². The maximum Gasteiger partial charge on any atom is 0.254 e. The van der Waals surface area contributed by atoms with Crippen molar-refractivity contribution in [1.29, 1.82) is 0 Å². The summed E-state index contributed by atoms with van der Waals surface area (Å²) in [6.45, 7) is 6.33. The number of amides is 1. The minimum Gasteiger partial charge on any atom is -0.384 e. The third-order valence-electron chi connectivity index (χ3n) is 4.47. The Balaban J connectivity index is 1.80. The normalized spacial score (nSPS) is 25.9. The zero-order valence-electron chi connectivity index (χ0n) is 11.8. The van der Waals surface area contributed by atoms with Crippen LogP contribution in [0.5, 0.6) is 0 Å². The molecule has 1 saturated heterocycles. The van der Waals surface area contributed by atoms with E-state index in [1.807, 2.05) is 17.0 Å². The SMILES string of the molecule is CC1CCN(C(=O)c2ccc3c(c2)NCC3)C(C)C1. The Morgan fingerprint density at radius 1 is 1.37 bits per heavy atom. The van der Waals surface area contributed by atoms with Crippen LogP contribution in [0.15, 0.2) is 18.2 Å². The smallest absolute Gasteiger partial charge is 0.254 e. The highest BCUT2D eigenvalue weighted by Gasteiger charge is 2.27. The Morgan fingerprint density at radius 3 is 3.00 bits per heavy atom. The average Bonchev–Trinajstić information content (AvgIpc) is 2.85. The van der Waals surface area contributed by atoms with Crippen molar-refractivity contribution in [2.75, 3.05) is 18.4 Å². The first-order chi connectivity index (χ1) is 9.15. The van der Waals surface area contributed by atoms with E-state index >= 15 is 0 Å². The molecule has 2 heterocycles. The van der Waals surface area contributed by atoms with Crippen molar-refractivity contribution in [2.45, 2.75) is 39.2 Å². The molecule has 1 aromatic carbocycles. The van der Waals surface area contributed by atoms with Gasteiger partial charge < -0.3 is 10.2 Å². The van der Waals surface area contributed by atoms with Crippen LogP contribution in [0, 0.1) is 5.92 Å². The summed E-state index contributed by atoms with van der Waals surface area (Å²) in [5.41, 5.74) is 3.30. The first kappa shape index (κ1) is 12.5. The largest absolute Gasteiger partial charge is 0.384 e. The Hall–Kier alpha value is -1.51. The van der Waals surface area contributed by atoms with Gasteiger partial charge in [-0.2, -0.15) is 0 Å². The first-order valence-corrected chi connectivity index (χ1v) is 7.33. The number of fused-ring (bicyclic) bond motifs is 1. The van der Waals surface area contributed by atoms with Crippen molar-refractivity contribution in [3.8, 4) is 0 Å². The van der Waals surface area contributed by atoms with Gasteiger partial charge in [0, 0.05) is 30.4 Å². The predicted molar refractivity (Wildman–Crippen MR) is 77.5 cm³/mol. The van der Waals surface area contributed by atoms with E-state index in [9.17, 15) is 4.79 Å². The van der Waals surface area contributed by atoms with Gasteiger partial charge in [0.2, 0.25) is 0 Å². The number of nitrogens with zero attached hydrogens (tertiary/aromatic N) is 1. The second-order valence-electron chi connectivity index (χ2n) is 6.03. The van der Waals surface area contributed by atoms with Gasteiger partial charge in [0.05, 0.1) is 0 Å². The van der Waals surface area contributed by atoms with Crippen LogP contribution in [0.25, 0.3) is 0 Å². The van der Waals surface area contributed by atoms with Gasteiger partial charge >= 0.3 is 0 Å². The molecule has 3 rings (SSSR count). The van der Waals surface area contributed by atoms with E-state index in [2.05, 4.69) is 25.2 Å². The summed E-state index contributed by atoms with van der Waals surface area (Å²) < 4.78 is 0. The lowest BCUT2D eigenvalue weighted by atomic mass is 9.92. The molecular weight excluding hydrogens is 236 g/mol. The molecule has 0 spiro atoms. The van der Waals surface area contributed by atoms with Gasteiger partial charge in [0.15, 0.2) is 0 Å². The molecule has 2 atom stereocenters. The van der Waals surface area contributed by atoms with Crippen LogP contribution in [0.1, 0.15) is 42.6 Å². The molecule has 3 nitrogen and oxygen atoms in total. The van der Waals surface area contributed by atoms with Gasteiger partial charge in [-0.1, -0.05) is 13.0 Å². The summed E-state index contributed by atoms with van der Waals surface area (Å²) in [6, 6.07) is 6.46. The highest BCUT2D eigenvalue weighted by atomic mass is 16.2. The minimum atomic E-state index is 0.191. The van der Waals surface area contributed by atoms with Gasteiger partial charge in [-0.25, -0.2) is 0 Å². The van der Waals surface area contributed by atoms with Crippen molar-refractivity contribution in [2.24, 2.45) is 5.92 Å². The van der Waals surface area contributed by atoms with E-state index in [-0.39, 0.29) is 5.91 Å². The summed E-state index contributed by atoms with van der Waals surface area (Å²) >= 11 is 0. The fourth-order valence-corrected chi connectivity index (χ4v) is 3.30.